The number of nitrogens with zero attached hydrogens (tertiary/aromatic N) is 1. The summed E-state index contributed by atoms with van der Waals surface area (Å²) in [7, 11) is 0. The largest absolute Gasteiger partial charge is 0.481 e. The molecule has 2 aromatic carbocycles. The summed E-state index contributed by atoms with van der Waals surface area (Å²) >= 11 is 0. The van der Waals surface area contributed by atoms with Gasteiger partial charge in [-0.05, 0) is 66.8 Å². The fraction of sp³-hybridized carbons (Fsp3) is 0.409. The molecule has 0 radical (unpaired) electrons. The monoisotopic (exact) mass is 463 g/mol. The maximum atomic E-state index is 13.7. The number of halogens is 7. The van der Waals surface area contributed by atoms with Crippen LogP contribution in [0.3, 0.4) is 0 Å². The van der Waals surface area contributed by atoms with Gasteiger partial charge in [-0.25, -0.2) is 4.39 Å². The number of rotatable bonds is 5. The first-order chi connectivity index (χ1) is 14.8. The fourth-order valence-electron chi connectivity index (χ4n) is 4.14. The zero-order chi connectivity index (χ0) is 23.7. The van der Waals surface area contributed by atoms with Gasteiger partial charge in [0.25, 0.3) is 0 Å². The molecule has 0 spiro atoms. The number of carbonyl (C=O) groups is 1. The van der Waals surface area contributed by atoms with Crippen LogP contribution in [0.15, 0.2) is 42.5 Å². The molecule has 1 aliphatic rings. The highest BCUT2D eigenvalue weighted by Gasteiger charge is 2.37. The number of hydrogen-bond acceptors (Lipinski definition) is 2. The lowest BCUT2D eigenvalue weighted by molar-refractivity contribution is -0.140. The summed E-state index contributed by atoms with van der Waals surface area (Å²) in [4.78, 5) is 12.8. The van der Waals surface area contributed by atoms with Gasteiger partial charge >= 0.3 is 18.3 Å². The maximum Gasteiger partial charge on any atom is 0.416 e. The van der Waals surface area contributed by atoms with Crippen molar-refractivity contribution in [3.8, 4) is 0 Å². The van der Waals surface area contributed by atoms with Crippen molar-refractivity contribution in [1.82, 2.24) is 4.90 Å². The van der Waals surface area contributed by atoms with Gasteiger partial charge in [0.05, 0.1) is 11.1 Å². The summed E-state index contributed by atoms with van der Waals surface area (Å²) in [6.07, 6.45) is -8.76. The Labute approximate surface area is 179 Å². The summed E-state index contributed by atoms with van der Waals surface area (Å²) in [5, 5.41) is 9.10. The smallest absolute Gasteiger partial charge is 0.416 e. The molecule has 1 heterocycles. The van der Waals surface area contributed by atoms with Crippen molar-refractivity contribution in [2.24, 2.45) is 5.92 Å². The van der Waals surface area contributed by atoms with Crippen LogP contribution in [0.2, 0.25) is 0 Å². The van der Waals surface area contributed by atoms with Crippen LogP contribution in [0.1, 0.15) is 47.6 Å². The third kappa shape index (κ3) is 5.79. The van der Waals surface area contributed by atoms with Crippen molar-refractivity contribution in [2.75, 3.05) is 6.54 Å². The van der Waals surface area contributed by atoms with E-state index in [9.17, 15) is 35.5 Å². The Kier molecular flexibility index (Phi) is 6.83. The van der Waals surface area contributed by atoms with Crippen LogP contribution < -0.4 is 0 Å². The van der Waals surface area contributed by atoms with E-state index in [0.717, 1.165) is 24.3 Å². The highest BCUT2D eigenvalue weighted by molar-refractivity contribution is 5.67. The maximum absolute atomic E-state index is 13.7. The van der Waals surface area contributed by atoms with Crippen LogP contribution in [0.5, 0.6) is 0 Å². The normalized spacial score (nSPS) is 20.3. The molecule has 1 N–H and O–H groups in total. The standard InChI is InChI=1S/C22H20F7NO2/c23-17-5-6-18(22(27,28)29)15(11-17)12-30-8-7-13(10-20(31)32)9-19(30)14-1-3-16(4-2-14)21(24,25)26/h1-6,11,13,19H,7-10,12H2,(H,31,32)/t13-,19+/m1/s1. The van der Waals surface area contributed by atoms with Crippen LogP contribution in [0, 0.1) is 11.7 Å². The Balaban J connectivity index is 1.93. The summed E-state index contributed by atoms with van der Waals surface area (Å²) in [6.45, 7) is -0.0600. The number of aliphatic carboxylic acids is 1. The van der Waals surface area contributed by atoms with Crippen LogP contribution in [-0.4, -0.2) is 22.5 Å². The number of likely N-dealkylation sites (tertiary alicyclic amines) is 1. The van der Waals surface area contributed by atoms with Gasteiger partial charge in [0.1, 0.15) is 5.82 Å². The number of hydrogen-bond donors (Lipinski definition) is 1. The molecule has 1 saturated heterocycles. The SMILES string of the molecule is O=C(O)C[C@@H]1CCN(Cc2cc(F)ccc2C(F)(F)F)[C@H](c2ccc(C(F)(F)F)cc2)C1. The van der Waals surface area contributed by atoms with Gasteiger partial charge in [-0.2, -0.15) is 26.3 Å². The Morgan fingerprint density at radius 1 is 1.00 bits per heavy atom. The van der Waals surface area contributed by atoms with Gasteiger partial charge in [-0.1, -0.05) is 12.1 Å². The van der Waals surface area contributed by atoms with Gasteiger partial charge in [-0.15, -0.1) is 0 Å². The minimum atomic E-state index is -4.70. The van der Waals surface area contributed by atoms with E-state index < -0.39 is 41.3 Å². The van der Waals surface area contributed by atoms with Crippen molar-refractivity contribution in [2.45, 2.75) is 44.2 Å². The number of benzene rings is 2. The van der Waals surface area contributed by atoms with Gasteiger partial charge in [0.2, 0.25) is 0 Å². The Morgan fingerprint density at radius 2 is 1.66 bits per heavy atom. The molecular weight excluding hydrogens is 443 g/mol. The van der Waals surface area contributed by atoms with Crippen LogP contribution >= 0.6 is 0 Å². The predicted molar refractivity (Wildman–Crippen MR) is 101 cm³/mol. The Bertz CT molecular complexity index is 954. The van der Waals surface area contributed by atoms with E-state index in [0.29, 0.717) is 18.1 Å². The molecule has 0 unspecified atom stereocenters. The third-order valence-electron chi connectivity index (χ3n) is 5.65. The number of carboxylic acid groups (broad SMARTS) is 1. The van der Waals surface area contributed by atoms with Crippen molar-refractivity contribution in [3.05, 3.63) is 70.5 Å². The van der Waals surface area contributed by atoms with Crippen molar-refractivity contribution >= 4 is 5.97 Å². The molecule has 32 heavy (non-hydrogen) atoms. The van der Waals surface area contributed by atoms with E-state index in [-0.39, 0.29) is 37.4 Å². The summed E-state index contributed by atoms with van der Waals surface area (Å²) in [5.74, 6) is -2.15. The molecule has 3 rings (SSSR count). The van der Waals surface area contributed by atoms with Crippen molar-refractivity contribution in [1.29, 1.82) is 0 Å². The molecule has 0 bridgehead atoms. The fourth-order valence-corrected chi connectivity index (χ4v) is 4.14. The molecule has 2 aromatic rings. The second kappa shape index (κ2) is 9.09. The van der Waals surface area contributed by atoms with E-state index in [1.807, 2.05) is 0 Å². The Morgan fingerprint density at radius 3 is 2.22 bits per heavy atom. The minimum Gasteiger partial charge on any atom is -0.481 e. The van der Waals surface area contributed by atoms with Crippen molar-refractivity contribution < 1.29 is 40.6 Å². The molecule has 0 saturated carbocycles. The van der Waals surface area contributed by atoms with E-state index in [1.165, 1.54) is 12.1 Å². The van der Waals surface area contributed by atoms with Gasteiger partial charge < -0.3 is 5.11 Å². The number of piperidine rings is 1. The highest BCUT2D eigenvalue weighted by atomic mass is 19.4. The minimum absolute atomic E-state index is 0.154. The lowest BCUT2D eigenvalue weighted by Crippen LogP contribution is -2.37. The number of alkyl halides is 6. The van der Waals surface area contributed by atoms with Gasteiger partial charge in [0, 0.05) is 19.0 Å². The summed E-state index contributed by atoms with van der Waals surface area (Å²) < 4.78 is 92.6. The molecular formula is C22H20F7NO2. The van der Waals surface area contributed by atoms with Crippen molar-refractivity contribution in [3.63, 3.8) is 0 Å². The lowest BCUT2D eigenvalue weighted by atomic mass is 9.84. The van der Waals surface area contributed by atoms with Crippen LogP contribution in [0.4, 0.5) is 30.7 Å². The molecule has 1 aliphatic heterocycles. The topological polar surface area (TPSA) is 40.5 Å². The zero-order valence-electron chi connectivity index (χ0n) is 16.7. The van der Waals surface area contributed by atoms with E-state index in [2.05, 4.69) is 0 Å². The molecule has 10 heteroatoms. The molecule has 3 nitrogen and oxygen atoms in total. The number of carboxylic acids is 1. The molecule has 0 aliphatic carbocycles. The molecule has 2 atom stereocenters. The molecule has 0 amide bonds. The Hall–Kier alpha value is -2.62. The third-order valence-corrected chi connectivity index (χ3v) is 5.65. The summed E-state index contributed by atoms with van der Waals surface area (Å²) in [6, 6.07) is 5.85. The highest BCUT2D eigenvalue weighted by Crippen LogP contribution is 2.40. The average Bonchev–Trinajstić information content (AvgIpc) is 2.67. The van der Waals surface area contributed by atoms with E-state index in [4.69, 9.17) is 5.11 Å². The van der Waals surface area contributed by atoms with Gasteiger partial charge in [0.15, 0.2) is 0 Å². The average molecular weight is 463 g/mol. The first kappa shape index (κ1) is 24.0. The first-order valence-corrected chi connectivity index (χ1v) is 9.83. The summed E-state index contributed by atoms with van der Waals surface area (Å²) in [5.41, 5.74) is -1.71. The molecule has 0 aromatic heterocycles. The van der Waals surface area contributed by atoms with E-state index >= 15 is 0 Å². The lowest BCUT2D eigenvalue weighted by Gasteiger charge is -2.40. The second-order valence-corrected chi connectivity index (χ2v) is 7.89. The van der Waals surface area contributed by atoms with Gasteiger partial charge in [-0.3, -0.25) is 9.69 Å². The zero-order valence-corrected chi connectivity index (χ0v) is 16.7. The predicted octanol–water partition coefficient (Wildman–Crippen LogP) is 6.29. The van der Waals surface area contributed by atoms with Crippen LogP contribution in [0.25, 0.3) is 0 Å². The molecule has 174 valence electrons. The molecule has 1 fully saturated rings. The van der Waals surface area contributed by atoms with E-state index in [1.54, 1.807) is 4.90 Å². The first-order valence-electron chi connectivity index (χ1n) is 9.83. The quantitative estimate of drug-likeness (QED) is 0.530. The van der Waals surface area contributed by atoms with Crippen LogP contribution in [-0.2, 0) is 23.7 Å². The second-order valence-electron chi connectivity index (χ2n) is 7.89.